The van der Waals surface area contributed by atoms with E-state index in [1.165, 1.54) is 0 Å². The maximum atomic E-state index is 12.1. The number of hydrogen-bond acceptors (Lipinski definition) is 3. The van der Waals surface area contributed by atoms with E-state index < -0.39 is 0 Å². The van der Waals surface area contributed by atoms with E-state index in [1.807, 2.05) is 0 Å². The summed E-state index contributed by atoms with van der Waals surface area (Å²) in [5.41, 5.74) is 0.690. The zero-order valence-corrected chi connectivity index (χ0v) is 11.7. The van der Waals surface area contributed by atoms with Crippen LogP contribution in [0.4, 0.5) is 0 Å². The zero-order valence-electron chi connectivity index (χ0n) is 11.7. The van der Waals surface area contributed by atoms with Crippen LogP contribution in [0, 0.1) is 5.92 Å². The van der Waals surface area contributed by atoms with Gasteiger partial charge in [-0.25, -0.2) is 0 Å². The smallest absolute Gasteiger partial charge is 0.163 e. The van der Waals surface area contributed by atoms with Crippen molar-refractivity contribution in [1.29, 1.82) is 0 Å². The molecule has 0 saturated carbocycles. The Bertz CT molecular complexity index is 399. The first-order valence-electron chi connectivity index (χ1n) is 6.37. The molecule has 100 valence electrons. The summed E-state index contributed by atoms with van der Waals surface area (Å²) in [7, 11) is 3.16. The molecule has 0 spiro atoms. The Morgan fingerprint density at radius 1 is 1.22 bits per heavy atom. The molecule has 3 nitrogen and oxygen atoms in total. The highest BCUT2D eigenvalue weighted by atomic mass is 16.5. The van der Waals surface area contributed by atoms with E-state index >= 15 is 0 Å². The van der Waals surface area contributed by atoms with Crippen LogP contribution in [0.15, 0.2) is 18.2 Å². The van der Waals surface area contributed by atoms with E-state index in [2.05, 4.69) is 13.8 Å². The van der Waals surface area contributed by atoms with Crippen LogP contribution in [0.2, 0.25) is 0 Å². The fourth-order valence-corrected chi connectivity index (χ4v) is 2.04. The number of benzene rings is 1. The van der Waals surface area contributed by atoms with Gasteiger partial charge in [0, 0.05) is 12.0 Å². The third-order valence-electron chi connectivity index (χ3n) is 3.02. The molecule has 0 aromatic heterocycles. The first kappa shape index (κ1) is 14.6. The number of rotatable bonds is 7. The zero-order chi connectivity index (χ0) is 13.5. The van der Waals surface area contributed by atoms with Crippen molar-refractivity contribution < 1.29 is 14.3 Å². The second-order valence-electron chi connectivity index (χ2n) is 4.59. The lowest BCUT2D eigenvalue weighted by molar-refractivity contribution is 0.0962. The monoisotopic (exact) mass is 250 g/mol. The Kier molecular flexibility index (Phi) is 5.69. The van der Waals surface area contributed by atoms with Crippen LogP contribution in [-0.2, 0) is 0 Å². The molecular formula is C15H22O3. The molecule has 1 atom stereocenters. The third-order valence-corrected chi connectivity index (χ3v) is 3.02. The van der Waals surface area contributed by atoms with Gasteiger partial charge in [0.2, 0.25) is 0 Å². The van der Waals surface area contributed by atoms with Crippen LogP contribution in [0.25, 0.3) is 0 Å². The molecule has 0 aliphatic rings. The molecule has 0 heterocycles. The van der Waals surface area contributed by atoms with Crippen LogP contribution in [0.5, 0.6) is 11.5 Å². The summed E-state index contributed by atoms with van der Waals surface area (Å²) in [4.78, 5) is 12.1. The van der Waals surface area contributed by atoms with Crippen molar-refractivity contribution in [2.24, 2.45) is 5.92 Å². The third kappa shape index (κ3) is 3.76. The van der Waals surface area contributed by atoms with Crippen molar-refractivity contribution in [3.8, 4) is 11.5 Å². The van der Waals surface area contributed by atoms with Crippen LogP contribution < -0.4 is 9.47 Å². The maximum Gasteiger partial charge on any atom is 0.163 e. The quantitative estimate of drug-likeness (QED) is 0.692. The highest BCUT2D eigenvalue weighted by Crippen LogP contribution is 2.28. The maximum absolute atomic E-state index is 12.1. The normalized spacial score (nSPS) is 12.0. The molecular weight excluding hydrogens is 228 g/mol. The van der Waals surface area contributed by atoms with E-state index in [4.69, 9.17) is 9.47 Å². The molecule has 18 heavy (non-hydrogen) atoms. The van der Waals surface area contributed by atoms with Crippen LogP contribution in [-0.4, -0.2) is 20.0 Å². The fourth-order valence-electron chi connectivity index (χ4n) is 2.04. The SMILES string of the molecule is CCCC(C)CC(=O)c1ccc(OC)c(OC)c1. The molecule has 0 amide bonds. The van der Waals surface area contributed by atoms with Gasteiger partial charge in [-0.1, -0.05) is 26.7 Å². The number of ketones is 1. The highest BCUT2D eigenvalue weighted by Gasteiger charge is 2.13. The van der Waals surface area contributed by atoms with E-state index in [0.717, 1.165) is 12.8 Å². The Morgan fingerprint density at radius 3 is 2.44 bits per heavy atom. The summed E-state index contributed by atoms with van der Waals surface area (Å²) in [6.45, 7) is 4.25. The second kappa shape index (κ2) is 7.04. The minimum atomic E-state index is 0.164. The molecule has 1 aromatic carbocycles. The van der Waals surface area contributed by atoms with E-state index in [0.29, 0.717) is 29.4 Å². The molecule has 0 N–H and O–H groups in total. The molecule has 1 unspecified atom stereocenters. The molecule has 0 aliphatic heterocycles. The van der Waals surface area contributed by atoms with Gasteiger partial charge in [-0.2, -0.15) is 0 Å². The average Bonchev–Trinajstić information content (AvgIpc) is 2.38. The van der Waals surface area contributed by atoms with Gasteiger partial charge in [0.15, 0.2) is 17.3 Å². The van der Waals surface area contributed by atoms with Gasteiger partial charge < -0.3 is 9.47 Å². The molecule has 0 radical (unpaired) electrons. The standard InChI is InChI=1S/C15H22O3/c1-5-6-11(2)9-13(16)12-7-8-14(17-3)15(10-12)18-4/h7-8,10-11H,5-6,9H2,1-4H3. The number of methoxy groups -OCH3 is 2. The van der Waals surface area contributed by atoms with Gasteiger partial charge in [-0.15, -0.1) is 0 Å². The van der Waals surface area contributed by atoms with Crippen LogP contribution in [0.3, 0.4) is 0 Å². The van der Waals surface area contributed by atoms with Gasteiger partial charge in [0.25, 0.3) is 0 Å². The highest BCUT2D eigenvalue weighted by molar-refractivity contribution is 5.96. The largest absolute Gasteiger partial charge is 0.493 e. The Balaban J connectivity index is 2.80. The molecule has 1 rings (SSSR count). The van der Waals surface area contributed by atoms with Gasteiger partial charge in [0.1, 0.15) is 0 Å². The molecule has 3 heteroatoms. The molecule has 0 fully saturated rings. The first-order chi connectivity index (χ1) is 8.62. The second-order valence-corrected chi connectivity index (χ2v) is 4.59. The van der Waals surface area contributed by atoms with Crippen molar-refractivity contribution in [2.75, 3.05) is 14.2 Å². The number of hydrogen-bond donors (Lipinski definition) is 0. The topological polar surface area (TPSA) is 35.5 Å². The van der Waals surface area contributed by atoms with E-state index in [-0.39, 0.29) is 5.78 Å². The minimum Gasteiger partial charge on any atom is -0.493 e. The summed E-state index contributed by atoms with van der Waals surface area (Å²) in [6, 6.07) is 5.32. The lowest BCUT2D eigenvalue weighted by Gasteiger charge is -2.11. The van der Waals surface area contributed by atoms with E-state index in [1.54, 1.807) is 32.4 Å². The Hall–Kier alpha value is -1.51. The molecule has 0 aliphatic carbocycles. The molecule has 1 aromatic rings. The van der Waals surface area contributed by atoms with Gasteiger partial charge in [-0.05, 0) is 24.1 Å². The number of ether oxygens (including phenoxy) is 2. The molecule has 0 bridgehead atoms. The fraction of sp³-hybridized carbons (Fsp3) is 0.533. The van der Waals surface area contributed by atoms with Gasteiger partial charge in [-0.3, -0.25) is 4.79 Å². The predicted molar refractivity (Wildman–Crippen MR) is 72.6 cm³/mol. The predicted octanol–water partition coefficient (Wildman–Crippen LogP) is 3.71. The van der Waals surface area contributed by atoms with Crippen molar-refractivity contribution in [3.63, 3.8) is 0 Å². The Morgan fingerprint density at radius 2 is 1.89 bits per heavy atom. The summed E-state index contributed by atoms with van der Waals surface area (Å²) < 4.78 is 10.4. The van der Waals surface area contributed by atoms with Gasteiger partial charge in [0.05, 0.1) is 14.2 Å². The van der Waals surface area contributed by atoms with Crippen molar-refractivity contribution >= 4 is 5.78 Å². The summed E-state index contributed by atoms with van der Waals surface area (Å²) >= 11 is 0. The Labute approximate surface area is 109 Å². The first-order valence-corrected chi connectivity index (χ1v) is 6.37. The molecule has 0 saturated heterocycles. The van der Waals surface area contributed by atoms with Gasteiger partial charge >= 0.3 is 0 Å². The van der Waals surface area contributed by atoms with Crippen LogP contribution in [0.1, 0.15) is 43.5 Å². The lowest BCUT2D eigenvalue weighted by Crippen LogP contribution is -2.06. The van der Waals surface area contributed by atoms with Crippen molar-refractivity contribution in [2.45, 2.75) is 33.1 Å². The number of Topliss-reactive ketones (excluding diaryl/α,β-unsaturated/α-hetero) is 1. The van der Waals surface area contributed by atoms with Crippen molar-refractivity contribution in [1.82, 2.24) is 0 Å². The number of carbonyl (C=O) groups is 1. The lowest BCUT2D eigenvalue weighted by atomic mass is 9.96. The van der Waals surface area contributed by atoms with E-state index in [9.17, 15) is 4.79 Å². The summed E-state index contributed by atoms with van der Waals surface area (Å²) in [6.07, 6.45) is 2.78. The van der Waals surface area contributed by atoms with Crippen molar-refractivity contribution in [3.05, 3.63) is 23.8 Å². The van der Waals surface area contributed by atoms with Crippen LogP contribution >= 0.6 is 0 Å². The summed E-state index contributed by atoms with van der Waals surface area (Å²) in [5, 5.41) is 0. The average molecular weight is 250 g/mol. The number of carbonyl (C=O) groups excluding carboxylic acids is 1. The minimum absolute atomic E-state index is 0.164. The summed E-state index contributed by atoms with van der Waals surface area (Å²) in [5.74, 6) is 1.84.